The van der Waals surface area contributed by atoms with Crippen molar-refractivity contribution in [3.05, 3.63) is 47.6 Å². The van der Waals surface area contributed by atoms with Crippen molar-refractivity contribution in [3.63, 3.8) is 0 Å². The summed E-state index contributed by atoms with van der Waals surface area (Å²) in [5.41, 5.74) is -0.0159. The van der Waals surface area contributed by atoms with E-state index in [0.717, 1.165) is 15.9 Å². The molecule has 11 heteroatoms. The fraction of sp³-hybridized carbons (Fsp3) is 0.133. The Morgan fingerprint density at radius 2 is 2.04 bits per heavy atom. The molecule has 136 valence electrons. The van der Waals surface area contributed by atoms with E-state index in [1.165, 1.54) is 30.4 Å². The number of ketones is 1. The minimum atomic E-state index is -4.21. The summed E-state index contributed by atoms with van der Waals surface area (Å²) in [6.07, 6.45) is 5.40. The number of carbonyl (C=O) groups excluding carboxylic acids is 1. The maximum atomic E-state index is 12.1. The summed E-state index contributed by atoms with van der Waals surface area (Å²) in [6, 6.07) is 1.51. The molecule has 0 atom stereocenters. The summed E-state index contributed by atoms with van der Waals surface area (Å²) < 4.78 is 37.0. The van der Waals surface area contributed by atoms with Crippen molar-refractivity contribution in [2.75, 3.05) is 5.75 Å². The fourth-order valence-corrected chi connectivity index (χ4v) is 3.99. The van der Waals surface area contributed by atoms with E-state index in [4.69, 9.17) is 21.2 Å². The molecular weight excluding hydrogens is 402 g/mol. The molecule has 3 rings (SSSR count). The summed E-state index contributed by atoms with van der Waals surface area (Å²) in [6.45, 7) is -0.230. The van der Waals surface area contributed by atoms with Crippen molar-refractivity contribution in [1.82, 2.24) is 4.57 Å². The minimum Gasteiger partial charge on any atom is -0.493 e. The molecule has 0 fully saturated rings. The first-order valence-electron chi connectivity index (χ1n) is 7.11. The van der Waals surface area contributed by atoms with Crippen molar-refractivity contribution in [1.29, 1.82) is 0 Å². The number of aromatic nitrogens is 1. The third kappa shape index (κ3) is 3.90. The lowest BCUT2D eigenvalue weighted by Gasteiger charge is -2.02. The van der Waals surface area contributed by atoms with Crippen molar-refractivity contribution in [2.45, 2.75) is 6.54 Å². The third-order valence-electron chi connectivity index (χ3n) is 3.49. The maximum Gasteiger partial charge on any atom is 0.343 e. The van der Waals surface area contributed by atoms with Crippen LogP contribution in [0.3, 0.4) is 0 Å². The molecule has 0 aromatic carbocycles. The molecule has 2 heterocycles. The quantitative estimate of drug-likeness (QED) is 0.531. The second-order valence-corrected chi connectivity index (χ2v) is 8.57. The smallest absolute Gasteiger partial charge is 0.343 e. The Kier molecular flexibility index (Phi) is 4.80. The van der Waals surface area contributed by atoms with Crippen LogP contribution in [0.1, 0.15) is 10.4 Å². The highest BCUT2D eigenvalue weighted by molar-refractivity contribution is 7.85. The van der Waals surface area contributed by atoms with Gasteiger partial charge < -0.3 is 9.52 Å². The number of hydrogen-bond donors (Lipinski definition) is 2. The van der Waals surface area contributed by atoms with Gasteiger partial charge in [0.05, 0.1) is 15.8 Å². The number of carbonyl (C=O) groups is 1. The van der Waals surface area contributed by atoms with Gasteiger partial charge in [0.2, 0.25) is 5.88 Å². The average molecular weight is 413 g/mol. The van der Waals surface area contributed by atoms with E-state index in [2.05, 4.69) is 0 Å². The van der Waals surface area contributed by atoms with Crippen LogP contribution < -0.4 is 16.3 Å². The number of hydrogen-bond acceptors (Lipinski definition) is 8. The lowest BCUT2D eigenvalue weighted by molar-refractivity contribution is -0.109. The number of aromatic hydroxyl groups is 1. The SMILES string of the molecule is O=C1C=Cc2c/c(=C/c3sc(=S)n(CCS(=O)(=O)O)c3O)c(=O)oc2=C1. The average Bonchev–Trinajstić information content (AvgIpc) is 2.79. The summed E-state index contributed by atoms with van der Waals surface area (Å²) in [4.78, 5) is 23.6. The standard InChI is InChI=1S/C15H11NO7S3/c17-10-2-1-8-5-9(14(19)23-11(8)7-10)6-12-13(18)16(15(24)25-12)3-4-26(20,21)22/h1-2,5-7,18H,3-4H2,(H,20,21,22)/b9-6-. The summed E-state index contributed by atoms with van der Waals surface area (Å²) in [5, 5.41) is 10.4. The van der Waals surface area contributed by atoms with Crippen LogP contribution >= 0.6 is 23.6 Å². The van der Waals surface area contributed by atoms with Gasteiger partial charge in [-0.05, 0) is 36.5 Å². The molecule has 2 aromatic rings. The Hall–Kier alpha value is -2.34. The van der Waals surface area contributed by atoms with Crippen LogP contribution in [-0.2, 0) is 21.5 Å². The Balaban J connectivity index is 2.08. The normalized spacial score (nSPS) is 14.3. The highest BCUT2D eigenvalue weighted by Crippen LogP contribution is 2.26. The van der Waals surface area contributed by atoms with E-state index in [0.29, 0.717) is 5.56 Å². The highest BCUT2D eigenvalue weighted by Gasteiger charge is 2.14. The molecule has 0 spiro atoms. The molecular formula is C15H11NO7S3. The van der Waals surface area contributed by atoms with E-state index in [-0.39, 0.29) is 37.7 Å². The van der Waals surface area contributed by atoms with Gasteiger partial charge in [0.1, 0.15) is 5.42 Å². The second kappa shape index (κ2) is 6.76. The number of fused-ring (bicyclic) bond motifs is 1. The lowest BCUT2D eigenvalue weighted by Crippen LogP contribution is -2.30. The molecule has 0 amide bonds. The second-order valence-electron chi connectivity index (χ2n) is 5.33. The molecule has 2 N–H and O–H groups in total. The van der Waals surface area contributed by atoms with E-state index in [1.807, 2.05) is 0 Å². The molecule has 2 aromatic heterocycles. The van der Waals surface area contributed by atoms with Gasteiger partial charge in [-0.25, -0.2) is 4.79 Å². The number of nitrogens with zero attached hydrogens (tertiary/aromatic N) is 1. The first-order chi connectivity index (χ1) is 12.1. The molecule has 0 aliphatic heterocycles. The van der Waals surface area contributed by atoms with Crippen molar-refractivity contribution < 1.29 is 27.3 Å². The van der Waals surface area contributed by atoms with Gasteiger partial charge in [0.25, 0.3) is 10.1 Å². The Morgan fingerprint density at radius 3 is 2.73 bits per heavy atom. The molecule has 1 aliphatic rings. The molecule has 0 saturated heterocycles. The summed E-state index contributed by atoms with van der Waals surface area (Å²) >= 11 is 6.05. The van der Waals surface area contributed by atoms with E-state index in [1.54, 1.807) is 0 Å². The zero-order valence-electron chi connectivity index (χ0n) is 12.9. The predicted octanol–water partition coefficient (Wildman–Crippen LogP) is 0.0309. The topological polar surface area (TPSA) is 127 Å². The Morgan fingerprint density at radius 1 is 1.31 bits per heavy atom. The molecule has 26 heavy (non-hydrogen) atoms. The van der Waals surface area contributed by atoms with Gasteiger partial charge in [-0.15, -0.1) is 11.3 Å². The highest BCUT2D eigenvalue weighted by atomic mass is 32.2. The minimum absolute atomic E-state index is 0.129. The number of allylic oxidation sites excluding steroid dienone is 1. The van der Waals surface area contributed by atoms with Crippen molar-refractivity contribution in [3.8, 4) is 5.88 Å². The molecule has 1 aliphatic carbocycles. The van der Waals surface area contributed by atoms with Crippen LogP contribution in [0, 0.1) is 3.95 Å². The van der Waals surface area contributed by atoms with E-state index in [9.17, 15) is 23.1 Å². The zero-order chi connectivity index (χ0) is 19.1. The van der Waals surface area contributed by atoms with Gasteiger partial charge in [0, 0.05) is 18.2 Å². The predicted molar refractivity (Wildman–Crippen MR) is 97.5 cm³/mol. The van der Waals surface area contributed by atoms with E-state index >= 15 is 0 Å². The van der Waals surface area contributed by atoms with Crippen molar-refractivity contribution in [2.24, 2.45) is 0 Å². The van der Waals surface area contributed by atoms with Crippen LogP contribution in [0.2, 0.25) is 0 Å². The molecule has 0 radical (unpaired) electrons. The first kappa shape index (κ1) is 18.5. The van der Waals surface area contributed by atoms with Gasteiger partial charge >= 0.3 is 5.63 Å². The monoisotopic (exact) mass is 413 g/mol. The van der Waals surface area contributed by atoms with Gasteiger partial charge in [-0.3, -0.25) is 13.9 Å². The maximum absolute atomic E-state index is 12.1. The van der Waals surface area contributed by atoms with Crippen molar-refractivity contribution >= 4 is 57.7 Å². The fourth-order valence-electron chi connectivity index (χ4n) is 2.26. The first-order valence-corrected chi connectivity index (χ1v) is 9.95. The van der Waals surface area contributed by atoms with Crippen LogP contribution in [0.15, 0.2) is 21.4 Å². The van der Waals surface area contributed by atoms with Crippen LogP contribution in [0.4, 0.5) is 0 Å². The number of thiazole rings is 1. The molecule has 0 bridgehead atoms. The molecule has 8 nitrogen and oxygen atoms in total. The third-order valence-corrected chi connectivity index (χ3v) is 5.57. The Labute approximate surface area is 155 Å². The summed E-state index contributed by atoms with van der Waals surface area (Å²) in [5.74, 6) is -1.22. The van der Waals surface area contributed by atoms with Gasteiger partial charge in [-0.1, -0.05) is 0 Å². The zero-order valence-corrected chi connectivity index (χ0v) is 15.4. The van der Waals surface area contributed by atoms with Crippen LogP contribution in [-0.4, -0.2) is 34.2 Å². The van der Waals surface area contributed by atoms with E-state index < -0.39 is 21.5 Å². The summed E-state index contributed by atoms with van der Waals surface area (Å²) in [7, 11) is -4.21. The Bertz CT molecular complexity index is 1280. The van der Waals surface area contributed by atoms with Gasteiger partial charge in [0.15, 0.2) is 9.74 Å². The van der Waals surface area contributed by atoms with Crippen LogP contribution in [0.25, 0.3) is 18.2 Å². The van der Waals surface area contributed by atoms with Gasteiger partial charge in [-0.2, -0.15) is 8.42 Å². The largest absolute Gasteiger partial charge is 0.493 e. The number of rotatable bonds is 4. The molecule has 0 unspecified atom stereocenters. The molecule has 0 saturated carbocycles. The van der Waals surface area contributed by atoms with Crippen LogP contribution in [0.5, 0.6) is 5.88 Å². The lowest BCUT2D eigenvalue weighted by atomic mass is 10.1.